The Labute approximate surface area is 88.2 Å². The Morgan fingerprint density at radius 3 is 2.79 bits per heavy atom. The smallest absolute Gasteiger partial charge is 0.191 e. The summed E-state index contributed by atoms with van der Waals surface area (Å²) in [6.45, 7) is 0.687. The summed E-state index contributed by atoms with van der Waals surface area (Å²) in [7, 11) is 1.93. The molecule has 0 amide bonds. The van der Waals surface area contributed by atoms with Gasteiger partial charge in [0.1, 0.15) is 0 Å². The third-order valence-corrected chi connectivity index (χ3v) is 2.86. The van der Waals surface area contributed by atoms with Gasteiger partial charge in [0.2, 0.25) is 0 Å². The van der Waals surface area contributed by atoms with Gasteiger partial charge in [-0.3, -0.25) is 4.99 Å². The molecule has 4 heteroatoms. The van der Waals surface area contributed by atoms with Crippen LogP contribution in [0.25, 0.3) is 0 Å². The fraction of sp³-hybridized carbons (Fsp3) is 0.300. The Kier molecular flexibility index (Phi) is 2.33. The Morgan fingerprint density at radius 2 is 2.21 bits per heavy atom. The molecule has 0 radical (unpaired) electrons. The zero-order valence-electron chi connectivity index (χ0n) is 7.94. The lowest BCUT2D eigenvalue weighted by Gasteiger charge is -2.22. The van der Waals surface area contributed by atoms with Crippen molar-refractivity contribution in [2.24, 2.45) is 10.7 Å². The Hall–Kier alpha value is -1.22. The number of rotatable bonds is 1. The van der Waals surface area contributed by atoms with E-state index in [-0.39, 0.29) is 6.04 Å². The minimum atomic E-state index is 0.184. The predicted octanol–water partition coefficient (Wildman–Crippen LogP) is 1.64. The van der Waals surface area contributed by atoms with Crippen molar-refractivity contribution in [3.05, 3.63) is 34.9 Å². The maximum Gasteiger partial charge on any atom is 0.191 e. The van der Waals surface area contributed by atoms with Crippen molar-refractivity contribution in [2.75, 3.05) is 13.6 Å². The van der Waals surface area contributed by atoms with Gasteiger partial charge in [0.15, 0.2) is 5.96 Å². The molecule has 0 bridgehead atoms. The van der Waals surface area contributed by atoms with Crippen molar-refractivity contribution in [3.8, 4) is 0 Å². The molecular weight excluding hydrogens is 198 g/mol. The van der Waals surface area contributed by atoms with Gasteiger partial charge in [0, 0.05) is 12.1 Å². The van der Waals surface area contributed by atoms with Gasteiger partial charge in [0.05, 0.1) is 12.6 Å². The van der Waals surface area contributed by atoms with Crippen LogP contribution in [0.15, 0.2) is 29.3 Å². The van der Waals surface area contributed by atoms with E-state index in [2.05, 4.69) is 4.99 Å². The summed E-state index contributed by atoms with van der Waals surface area (Å²) in [5, 5.41) is 0.772. The van der Waals surface area contributed by atoms with Crippen LogP contribution in [0.2, 0.25) is 5.02 Å². The number of benzene rings is 1. The van der Waals surface area contributed by atoms with Gasteiger partial charge in [0.25, 0.3) is 0 Å². The van der Waals surface area contributed by atoms with Crippen molar-refractivity contribution in [1.82, 2.24) is 4.90 Å². The first kappa shape index (κ1) is 9.34. The van der Waals surface area contributed by atoms with Gasteiger partial charge >= 0.3 is 0 Å². The fourth-order valence-electron chi connectivity index (χ4n) is 1.63. The van der Waals surface area contributed by atoms with Crippen LogP contribution in [0.1, 0.15) is 11.6 Å². The molecule has 2 N–H and O–H groups in total. The van der Waals surface area contributed by atoms with Crippen LogP contribution in [-0.4, -0.2) is 24.5 Å². The Balaban J connectivity index is 2.30. The molecule has 0 saturated heterocycles. The largest absolute Gasteiger partial charge is 0.370 e. The van der Waals surface area contributed by atoms with E-state index in [1.54, 1.807) is 0 Å². The minimum absolute atomic E-state index is 0.184. The third-order valence-electron chi connectivity index (χ3n) is 2.52. The number of likely N-dealkylation sites (N-methyl/N-ethyl adjacent to an activating group) is 1. The zero-order valence-corrected chi connectivity index (χ0v) is 8.70. The van der Waals surface area contributed by atoms with Gasteiger partial charge in [-0.2, -0.15) is 0 Å². The number of aliphatic imine (C=N–C) groups is 1. The first-order chi connectivity index (χ1) is 6.70. The molecule has 2 rings (SSSR count). The molecule has 0 saturated carbocycles. The highest BCUT2D eigenvalue weighted by atomic mass is 35.5. The van der Waals surface area contributed by atoms with E-state index < -0.39 is 0 Å². The Morgan fingerprint density at radius 1 is 1.50 bits per heavy atom. The summed E-state index contributed by atoms with van der Waals surface area (Å²) in [4.78, 5) is 6.12. The molecule has 0 aliphatic carbocycles. The highest BCUT2D eigenvalue weighted by molar-refractivity contribution is 6.31. The number of halogens is 1. The van der Waals surface area contributed by atoms with Crippen molar-refractivity contribution >= 4 is 17.6 Å². The molecule has 74 valence electrons. The third kappa shape index (κ3) is 1.44. The highest BCUT2D eigenvalue weighted by Crippen LogP contribution is 2.29. The molecule has 1 aliphatic rings. The van der Waals surface area contributed by atoms with E-state index in [0.29, 0.717) is 12.5 Å². The SMILES string of the molecule is CN1C(N)=NCC1c1ccccc1Cl. The molecule has 0 aromatic heterocycles. The van der Waals surface area contributed by atoms with Gasteiger partial charge in [-0.05, 0) is 11.6 Å². The maximum absolute atomic E-state index is 6.10. The van der Waals surface area contributed by atoms with Crippen LogP contribution >= 0.6 is 11.6 Å². The fourth-order valence-corrected chi connectivity index (χ4v) is 1.89. The average molecular weight is 210 g/mol. The molecule has 1 aromatic carbocycles. The summed E-state index contributed by atoms with van der Waals surface area (Å²) >= 11 is 6.10. The van der Waals surface area contributed by atoms with Gasteiger partial charge in [-0.25, -0.2) is 0 Å². The molecule has 1 heterocycles. The monoisotopic (exact) mass is 209 g/mol. The number of hydrogen-bond acceptors (Lipinski definition) is 3. The first-order valence-electron chi connectivity index (χ1n) is 4.47. The van der Waals surface area contributed by atoms with Crippen molar-refractivity contribution < 1.29 is 0 Å². The zero-order chi connectivity index (χ0) is 10.1. The standard InChI is InChI=1S/C10H12ClN3/c1-14-9(6-13-10(14)12)7-4-2-3-5-8(7)11/h2-5,9H,6H2,1H3,(H2,12,13). The van der Waals surface area contributed by atoms with Crippen LogP contribution in [0.5, 0.6) is 0 Å². The molecule has 14 heavy (non-hydrogen) atoms. The number of guanidine groups is 1. The van der Waals surface area contributed by atoms with Crippen LogP contribution in [0, 0.1) is 0 Å². The number of hydrogen-bond donors (Lipinski definition) is 1. The van der Waals surface area contributed by atoms with Crippen molar-refractivity contribution in [1.29, 1.82) is 0 Å². The van der Waals surface area contributed by atoms with Gasteiger partial charge in [-0.15, -0.1) is 0 Å². The molecule has 1 atom stereocenters. The van der Waals surface area contributed by atoms with Crippen molar-refractivity contribution in [3.63, 3.8) is 0 Å². The average Bonchev–Trinajstić information content (AvgIpc) is 2.49. The summed E-state index contributed by atoms with van der Waals surface area (Å²) in [5.74, 6) is 0.579. The van der Waals surface area contributed by atoms with Crippen LogP contribution in [0.3, 0.4) is 0 Å². The Bertz CT molecular complexity index is 375. The summed E-state index contributed by atoms with van der Waals surface area (Å²) in [6, 6.07) is 7.98. The second-order valence-corrected chi connectivity index (χ2v) is 3.75. The van der Waals surface area contributed by atoms with E-state index in [0.717, 1.165) is 10.6 Å². The lowest BCUT2D eigenvalue weighted by molar-refractivity contribution is 0.414. The van der Waals surface area contributed by atoms with Crippen molar-refractivity contribution in [2.45, 2.75) is 6.04 Å². The minimum Gasteiger partial charge on any atom is -0.370 e. The predicted molar refractivity (Wildman–Crippen MR) is 58.4 cm³/mol. The highest BCUT2D eigenvalue weighted by Gasteiger charge is 2.25. The van der Waals surface area contributed by atoms with Crippen LogP contribution in [0.4, 0.5) is 0 Å². The van der Waals surface area contributed by atoms with E-state index in [4.69, 9.17) is 17.3 Å². The quantitative estimate of drug-likeness (QED) is 0.764. The van der Waals surface area contributed by atoms with Crippen LogP contribution < -0.4 is 5.73 Å². The van der Waals surface area contributed by atoms with E-state index >= 15 is 0 Å². The summed E-state index contributed by atoms with van der Waals surface area (Å²) in [5.41, 5.74) is 6.77. The van der Waals surface area contributed by atoms with Gasteiger partial charge in [-0.1, -0.05) is 29.8 Å². The second-order valence-electron chi connectivity index (χ2n) is 3.35. The van der Waals surface area contributed by atoms with E-state index in [1.807, 2.05) is 36.2 Å². The van der Waals surface area contributed by atoms with E-state index in [1.165, 1.54) is 0 Å². The molecular formula is C10H12ClN3. The normalized spacial score (nSPS) is 21.1. The first-order valence-corrected chi connectivity index (χ1v) is 4.85. The summed E-state index contributed by atoms with van der Waals surface area (Å²) in [6.07, 6.45) is 0. The molecule has 1 aromatic rings. The van der Waals surface area contributed by atoms with Gasteiger partial charge < -0.3 is 10.6 Å². The number of nitrogens with two attached hydrogens (primary N) is 1. The molecule has 3 nitrogen and oxygen atoms in total. The lowest BCUT2D eigenvalue weighted by atomic mass is 10.1. The van der Waals surface area contributed by atoms with E-state index in [9.17, 15) is 0 Å². The second kappa shape index (κ2) is 3.50. The molecule has 1 aliphatic heterocycles. The molecule has 0 fully saturated rings. The molecule has 0 spiro atoms. The lowest BCUT2D eigenvalue weighted by Crippen LogP contribution is -2.32. The maximum atomic E-state index is 6.10. The van der Waals surface area contributed by atoms with Crippen LogP contribution in [-0.2, 0) is 0 Å². The number of nitrogens with zero attached hydrogens (tertiary/aromatic N) is 2. The molecule has 1 unspecified atom stereocenters. The summed E-state index contributed by atoms with van der Waals surface area (Å²) < 4.78 is 0. The topological polar surface area (TPSA) is 41.6 Å².